The van der Waals surface area contributed by atoms with Gasteiger partial charge in [0.05, 0.1) is 0 Å². The van der Waals surface area contributed by atoms with Gasteiger partial charge in [-0.3, -0.25) is 4.79 Å². The summed E-state index contributed by atoms with van der Waals surface area (Å²) in [6.45, 7) is 3.86. The Kier molecular flexibility index (Phi) is 4.17. The molecule has 1 N–H and O–H groups in total. The molecule has 0 saturated carbocycles. The Morgan fingerprint density at radius 3 is 2.75 bits per heavy atom. The van der Waals surface area contributed by atoms with Crippen LogP contribution in [0, 0.1) is 0 Å². The number of aromatic hydroxyl groups is 1. The summed E-state index contributed by atoms with van der Waals surface area (Å²) in [5, 5.41) is 9.20. The van der Waals surface area contributed by atoms with Gasteiger partial charge in [-0.2, -0.15) is 0 Å². The molecule has 0 saturated heterocycles. The molecule has 0 atom stereocenters. The molecular formula is C12H17NO3. The molecule has 0 fully saturated rings. The van der Waals surface area contributed by atoms with Crippen LogP contribution in [0.15, 0.2) is 24.3 Å². The van der Waals surface area contributed by atoms with Crippen LogP contribution in [0.3, 0.4) is 0 Å². The smallest absolute Gasteiger partial charge is 0.260 e. The molecule has 4 nitrogen and oxygen atoms in total. The fraction of sp³-hybridized carbons (Fsp3) is 0.417. The quantitative estimate of drug-likeness (QED) is 0.844. The van der Waals surface area contributed by atoms with Crippen LogP contribution < -0.4 is 4.74 Å². The second kappa shape index (κ2) is 5.39. The molecule has 88 valence electrons. The number of carbonyl (C=O) groups excluding carboxylic acids is 1. The van der Waals surface area contributed by atoms with Crippen LogP contribution in [0.25, 0.3) is 0 Å². The van der Waals surface area contributed by atoms with E-state index in [4.69, 9.17) is 4.74 Å². The number of nitrogens with zero attached hydrogens (tertiary/aromatic N) is 1. The molecule has 0 bridgehead atoms. The van der Waals surface area contributed by atoms with Crippen LogP contribution in [0.1, 0.15) is 13.8 Å². The number of rotatable bonds is 4. The highest BCUT2D eigenvalue weighted by molar-refractivity contribution is 5.77. The van der Waals surface area contributed by atoms with Crippen molar-refractivity contribution in [2.75, 3.05) is 13.7 Å². The number of likely N-dealkylation sites (N-methyl/N-ethyl adjacent to an activating group) is 1. The Bertz CT molecular complexity index is 363. The van der Waals surface area contributed by atoms with E-state index in [0.717, 1.165) is 0 Å². The first-order valence-electron chi connectivity index (χ1n) is 5.18. The Morgan fingerprint density at radius 1 is 1.50 bits per heavy atom. The molecule has 1 aromatic rings. The number of phenolic OH excluding ortho intramolecular Hbond substituents is 1. The summed E-state index contributed by atoms with van der Waals surface area (Å²) < 4.78 is 5.27. The number of hydrogen-bond acceptors (Lipinski definition) is 3. The number of carbonyl (C=O) groups is 1. The second-order valence-corrected chi connectivity index (χ2v) is 3.88. The molecule has 0 radical (unpaired) electrons. The minimum absolute atomic E-state index is 0.0157. The van der Waals surface area contributed by atoms with Gasteiger partial charge in [-0.25, -0.2) is 0 Å². The van der Waals surface area contributed by atoms with Crippen molar-refractivity contribution in [1.29, 1.82) is 0 Å². The van der Waals surface area contributed by atoms with Gasteiger partial charge in [-0.05, 0) is 26.0 Å². The summed E-state index contributed by atoms with van der Waals surface area (Å²) >= 11 is 0. The molecule has 0 unspecified atom stereocenters. The standard InChI is InChI=1S/C12H17NO3/c1-9(2)13(3)12(15)8-16-11-6-4-5-10(14)7-11/h4-7,9,14H,8H2,1-3H3. The van der Waals surface area contributed by atoms with Crippen LogP contribution in [0.4, 0.5) is 0 Å². The third-order valence-electron chi connectivity index (χ3n) is 2.35. The van der Waals surface area contributed by atoms with Crippen molar-refractivity contribution in [2.24, 2.45) is 0 Å². The molecule has 0 heterocycles. The first-order valence-corrected chi connectivity index (χ1v) is 5.18. The maximum absolute atomic E-state index is 11.6. The van der Waals surface area contributed by atoms with E-state index in [2.05, 4.69) is 0 Å². The number of hydrogen-bond donors (Lipinski definition) is 1. The normalized spacial score (nSPS) is 10.2. The summed E-state index contributed by atoms with van der Waals surface area (Å²) in [4.78, 5) is 13.2. The predicted octanol–water partition coefficient (Wildman–Crippen LogP) is 1.64. The van der Waals surface area contributed by atoms with Crippen molar-refractivity contribution in [2.45, 2.75) is 19.9 Å². The van der Waals surface area contributed by atoms with Gasteiger partial charge in [-0.15, -0.1) is 0 Å². The molecule has 0 spiro atoms. The van der Waals surface area contributed by atoms with E-state index in [1.54, 1.807) is 30.1 Å². The largest absolute Gasteiger partial charge is 0.508 e. The van der Waals surface area contributed by atoms with Gasteiger partial charge in [0.25, 0.3) is 5.91 Å². The summed E-state index contributed by atoms with van der Waals surface area (Å²) in [7, 11) is 1.73. The minimum atomic E-state index is -0.0849. The molecule has 1 aromatic carbocycles. The zero-order valence-electron chi connectivity index (χ0n) is 9.80. The third-order valence-corrected chi connectivity index (χ3v) is 2.35. The molecule has 1 amide bonds. The van der Waals surface area contributed by atoms with Gasteiger partial charge in [0.2, 0.25) is 0 Å². The Hall–Kier alpha value is -1.71. The summed E-state index contributed by atoms with van der Waals surface area (Å²) in [5.41, 5.74) is 0. The molecule has 4 heteroatoms. The maximum atomic E-state index is 11.6. The van der Waals surface area contributed by atoms with Crippen molar-refractivity contribution >= 4 is 5.91 Å². The summed E-state index contributed by atoms with van der Waals surface area (Å²) in [6, 6.07) is 6.54. The minimum Gasteiger partial charge on any atom is -0.508 e. The van der Waals surface area contributed by atoms with E-state index < -0.39 is 0 Å². The topological polar surface area (TPSA) is 49.8 Å². The molecule has 0 aliphatic heterocycles. The lowest BCUT2D eigenvalue weighted by molar-refractivity contribution is -0.133. The van der Waals surface area contributed by atoms with Gasteiger partial charge in [0.15, 0.2) is 6.61 Å². The van der Waals surface area contributed by atoms with E-state index in [9.17, 15) is 9.90 Å². The number of amides is 1. The van der Waals surface area contributed by atoms with Gasteiger partial charge < -0.3 is 14.7 Å². The van der Waals surface area contributed by atoms with Gasteiger partial charge in [-0.1, -0.05) is 6.07 Å². The second-order valence-electron chi connectivity index (χ2n) is 3.88. The van der Waals surface area contributed by atoms with Crippen LogP contribution in [-0.2, 0) is 4.79 Å². The molecular weight excluding hydrogens is 206 g/mol. The lowest BCUT2D eigenvalue weighted by Gasteiger charge is -2.21. The average Bonchev–Trinajstić information content (AvgIpc) is 2.24. The van der Waals surface area contributed by atoms with E-state index in [0.29, 0.717) is 5.75 Å². The number of phenols is 1. The van der Waals surface area contributed by atoms with E-state index in [1.807, 2.05) is 13.8 Å². The zero-order chi connectivity index (χ0) is 12.1. The van der Waals surface area contributed by atoms with E-state index >= 15 is 0 Å². The van der Waals surface area contributed by atoms with Crippen LogP contribution in [0.2, 0.25) is 0 Å². The van der Waals surface area contributed by atoms with Crippen LogP contribution >= 0.6 is 0 Å². The van der Waals surface area contributed by atoms with Gasteiger partial charge in [0, 0.05) is 19.2 Å². The highest BCUT2D eigenvalue weighted by Gasteiger charge is 2.12. The van der Waals surface area contributed by atoms with Crippen molar-refractivity contribution in [1.82, 2.24) is 4.90 Å². The zero-order valence-corrected chi connectivity index (χ0v) is 9.80. The highest BCUT2D eigenvalue weighted by atomic mass is 16.5. The van der Waals surface area contributed by atoms with Crippen molar-refractivity contribution < 1.29 is 14.6 Å². The van der Waals surface area contributed by atoms with Crippen LogP contribution in [-0.4, -0.2) is 35.6 Å². The number of benzene rings is 1. The first kappa shape index (κ1) is 12.4. The average molecular weight is 223 g/mol. The van der Waals surface area contributed by atoms with Crippen molar-refractivity contribution in [3.05, 3.63) is 24.3 Å². The first-order chi connectivity index (χ1) is 7.50. The summed E-state index contributed by atoms with van der Waals surface area (Å²) in [6.07, 6.45) is 0. The Labute approximate surface area is 95.5 Å². The third kappa shape index (κ3) is 3.46. The van der Waals surface area contributed by atoms with Crippen molar-refractivity contribution in [3.63, 3.8) is 0 Å². The Morgan fingerprint density at radius 2 is 2.19 bits per heavy atom. The monoisotopic (exact) mass is 223 g/mol. The predicted molar refractivity (Wildman–Crippen MR) is 61.5 cm³/mol. The van der Waals surface area contributed by atoms with E-state index in [1.165, 1.54) is 6.07 Å². The maximum Gasteiger partial charge on any atom is 0.260 e. The van der Waals surface area contributed by atoms with E-state index in [-0.39, 0.29) is 24.3 Å². The van der Waals surface area contributed by atoms with Crippen molar-refractivity contribution in [3.8, 4) is 11.5 Å². The Balaban J connectivity index is 2.49. The molecule has 0 aromatic heterocycles. The molecule has 16 heavy (non-hydrogen) atoms. The lowest BCUT2D eigenvalue weighted by Crippen LogP contribution is -2.36. The molecule has 1 rings (SSSR count). The molecule has 0 aliphatic rings. The van der Waals surface area contributed by atoms with Gasteiger partial charge in [0.1, 0.15) is 11.5 Å². The van der Waals surface area contributed by atoms with Gasteiger partial charge >= 0.3 is 0 Å². The highest BCUT2D eigenvalue weighted by Crippen LogP contribution is 2.17. The van der Waals surface area contributed by atoms with Crippen LogP contribution in [0.5, 0.6) is 11.5 Å². The summed E-state index contributed by atoms with van der Waals surface area (Å²) in [5.74, 6) is 0.533. The molecule has 0 aliphatic carbocycles. The fourth-order valence-electron chi connectivity index (χ4n) is 1.11. The number of ether oxygens (including phenoxy) is 1. The fourth-order valence-corrected chi connectivity index (χ4v) is 1.11. The SMILES string of the molecule is CC(C)N(C)C(=O)COc1cccc(O)c1. The lowest BCUT2D eigenvalue weighted by atomic mass is 10.3.